The van der Waals surface area contributed by atoms with Gasteiger partial charge in [0.25, 0.3) is 5.91 Å². The number of hydrogen-bond donors (Lipinski definition) is 1. The number of nitrogens with zero attached hydrogens (tertiary/aromatic N) is 3. The summed E-state index contributed by atoms with van der Waals surface area (Å²) in [5.74, 6) is -0.170. The third-order valence-corrected chi connectivity index (χ3v) is 7.28. The van der Waals surface area contributed by atoms with Crippen molar-refractivity contribution in [2.24, 2.45) is 7.05 Å². The molecule has 1 amide bonds. The van der Waals surface area contributed by atoms with Crippen molar-refractivity contribution >= 4 is 15.9 Å². The summed E-state index contributed by atoms with van der Waals surface area (Å²) in [5, 5.41) is 7.33. The summed E-state index contributed by atoms with van der Waals surface area (Å²) in [5.41, 5.74) is 2.99. The monoisotopic (exact) mass is 436 g/mol. The van der Waals surface area contributed by atoms with Crippen LogP contribution in [0.4, 0.5) is 0 Å². The van der Waals surface area contributed by atoms with Crippen molar-refractivity contribution in [3.63, 3.8) is 0 Å². The van der Waals surface area contributed by atoms with E-state index in [0.717, 1.165) is 17.0 Å². The molecular weight excluding hydrogens is 408 g/mol. The van der Waals surface area contributed by atoms with Gasteiger partial charge in [-0.2, -0.15) is 9.40 Å². The molecule has 1 aliphatic heterocycles. The molecule has 1 saturated heterocycles. The maximum Gasteiger partial charge on any atom is 0.251 e. The summed E-state index contributed by atoms with van der Waals surface area (Å²) in [6.07, 6.45) is 0. The lowest BCUT2D eigenvalue weighted by molar-refractivity contribution is 0.0729. The number of hydrogen-bond acceptors (Lipinski definition) is 6. The summed E-state index contributed by atoms with van der Waals surface area (Å²) in [4.78, 5) is 12.9. The smallest absolute Gasteiger partial charge is 0.251 e. The van der Waals surface area contributed by atoms with Crippen LogP contribution >= 0.6 is 0 Å². The van der Waals surface area contributed by atoms with Crippen LogP contribution in [0.5, 0.6) is 5.75 Å². The minimum atomic E-state index is -3.82. The second-order valence-electron chi connectivity index (χ2n) is 7.29. The van der Waals surface area contributed by atoms with Gasteiger partial charge in [0.05, 0.1) is 32.1 Å². The number of carbonyl (C=O) groups is 1. The zero-order valence-corrected chi connectivity index (χ0v) is 18.7. The van der Waals surface area contributed by atoms with Gasteiger partial charge in [0.15, 0.2) is 0 Å². The molecule has 1 N–H and O–H groups in total. The van der Waals surface area contributed by atoms with Gasteiger partial charge >= 0.3 is 0 Å². The third kappa shape index (κ3) is 4.21. The van der Waals surface area contributed by atoms with Crippen LogP contribution in [-0.4, -0.2) is 61.8 Å². The zero-order chi connectivity index (χ0) is 22.1. The molecule has 1 aliphatic rings. The highest BCUT2D eigenvalue weighted by Crippen LogP contribution is 2.29. The summed E-state index contributed by atoms with van der Waals surface area (Å²) in [7, 11) is -0.557. The normalized spacial score (nSPS) is 16.3. The lowest BCUT2D eigenvalue weighted by Gasteiger charge is -2.26. The highest BCUT2D eigenvalue weighted by Gasteiger charge is 2.30. The Hall–Kier alpha value is -2.43. The molecular formula is C20H28N4O5S. The molecule has 10 heteroatoms. The Morgan fingerprint density at radius 3 is 2.50 bits per heavy atom. The van der Waals surface area contributed by atoms with E-state index in [1.807, 2.05) is 27.8 Å². The first-order valence-electron chi connectivity index (χ1n) is 9.73. The fourth-order valence-corrected chi connectivity index (χ4v) is 5.30. The predicted molar refractivity (Wildman–Crippen MR) is 111 cm³/mol. The van der Waals surface area contributed by atoms with Crippen LogP contribution < -0.4 is 10.1 Å². The standard InChI is InChI=1S/C20H28N4O5S/c1-13(19-14(2)22-23(4)15(19)3)21-20(25)16-6-7-17(28-5)18(12-16)30(26,27)24-8-10-29-11-9-24/h6-7,12-13H,8-11H2,1-5H3,(H,21,25). The summed E-state index contributed by atoms with van der Waals surface area (Å²) >= 11 is 0. The maximum absolute atomic E-state index is 13.1. The maximum atomic E-state index is 13.1. The van der Waals surface area contributed by atoms with E-state index >= 15 is 0 Å². The quantitative estimate of drug-likeness (QED) is 0.737. The fraction of sp³-hybridized carbons (Fsp3) is 0.500. The Bertz CT molecular complexity index is 1040. The minimum absolute atomic E-state index is 0.0269. The van der Waals surface area contributed by atoms with Crippen LogP contribution in [0.2, 0.25) is 0 Å². The number of rotatable bonds is 6. The zero-order valence-electron chi connectivity index (χ0n) is 17.9. The Labute approximate surface area is 177 Å². The fourth-order valence-electron chi connectivity index (χ4n) is 3.71. The van der Waals surface area contributed by atoms with Crippen molar-refractivity contribution < 1.29 is 22.7 Å². The Kier molecular flexibility index (Phi) is 6.49. The number of methoxy groups -OCH3 is 1. The van der Waals surface area contributed by atoms with Crippen LogP contribution in [0.15, 0.2) is 23.1 Å². The molecule has 0 radical (unpaired) electrons. The largest absolute Gasteiger partial charge is 0.495 e. The van der Waals surface area contributed by atoms with Crippen molar-refractivity contribution in [1.82, 2.24) is 19.4 Å². The van der Waals surface area contributed by atoms with E-state index in [0.29, 0.717) is 13.2 Å². The van der Waals surface area contributed by atoms with E-state index in [4.69, 9.17) is 9.47 Å². The molecule has 0 saturated carbocycles. The molecule has 164 valence electrons. The van der Waals surface area contributed by atoms with E-state index in [-0.39, 0.29) is 41.2 Å². The molecule has 0 spiro atoms. The summed E-state index contributed by atoms with van der Waals surface area (Å²) in [6, 6.07) is 4.15. The summed E-state index contributed by atoms with van der Waals surface area (Å²) in [6.45, 7) is 6.91. The number of morpholine rings is 1. The van der Waals surface area contributed by atoms with E-state index in [9.17, 15) is 13.2 Å². The SMILES string of the molecule is COc1ccc(C(=O)NC(C)c2c(C)nn(C)c2C)cc1S(=O)(=O)N1CCOCC1. The van der Waals surface area contributed by atoms with Crippen LogP contribution in [0.25, 0.3) is 0 Å². The van der Waals surface area contributed by atoms with Gasteiger partial charge in [-0.05, 0) is 39.0 Å². The molecule has 1 unspecified atom stereocenters. The van der Waals surface area contributed by atoms with Gasteiger partial charge in [0.1, 0.15) is 10.6 Å². The molecule has 3 rings (SSSR count). The van der Waals surface area contributed by atoms with Gasteiger partial charge in [-0.25, -0.2) is 8.42 Å². The second kappa shape index (κ2) is 8.75. The first-order valence-corrected chi connectivity index (χ1v) is 11.2. The Balaban J connectivity index is 1.89. The molecule has 2 aromatic rings. The van der Waals surface area contributed by atoms with Crippen molar-refractivity contribution in [2.75, 3.05) is 33.4 Å². The van der Waals surface area contributed by atoms with E-state index in [1.54, 1.807) is 10.7 Å². The Morgan fingerprint density at radius 1 is 1.27 bits per heavy atom. The van der Waals surface area contributed by atoms with E-state index < -0.39 is 10.0 Å². The van der Waals surface area contributed by atoms with Crippen LogP contribution in [0, 0.1) is 13.8 Å². The number of aromatic nitrogens is 2. The summed E-state index contributed by atoms with van der Waals surface area (Å²) < 4.78 is 39.9. The van der Waals surface area contributed by atoms with Crippen LogP contribution in [0.3, 0.4) is 0 Å². The molecule has 2 heterocycles. The highest BCUT2D eigenvalue weighted by atomic mass is 32.2. The molecule has 30 heavy (non-hydrogen) atoms. The minimum Gasteiger partial charge on any atom is -0.495 e. The topological polar surface area (TPSA) is 103 Å². The lowest BCUT2D eigenvalue weighted by atomic mass is 10.1. The number of carbonyl (C=O) groups excluding carboxylic acids is 1. The van der Waals surface area contributed by atoms with Gasteiger partial charge < -0.3 is 14.8 Å². The van der Waals surface area contributed by atoms with Gasteiger partial charge in [-0.3, -0.25) is 9.48 Å². The molecule has 1 fully saturated rings. The molecule has 1 aromatic carbocycles. The Morgan fingerprint density at radius 2 is 1.93 bits per heavy atom. The van der Waals surface area contributed by atoms with Crippen molar-refractivity contribution in [3.05, 3.63) is 40.7 Å². The number of aryl methyl sites for hydroxylation is 2. The number of ether oxygens (including phenoxy) is 2. The number of sulfonamides is 1. The van der Waals surface area contributed by atoms with Crippen molar-refractivity contribution in [3.8, 4) is 5.75 Å². The second-order valence-corrected chi connectivity index (χ2v) is 9.19. The van der Waals surface area contributed by atoms with Gasteiger partial charge in [0, 0.05) is 37.0 Å². The third-order valence-electron chi connectivity index (χ3n) is 5.36. The predicted octanol–water partition coefficient (Wildman–Crippen LogP) is 1.56. The van der Waals surface area contributed by atoms with E-state index in [1.165, 1.54) is 23.5 Å². The average Bonchev–Trinajstić information content (AvgIpc) is 2.99. The van der Waals surface area contributed by atoms with Crippen LogP contribution in [-0.2, 0) is 21.8 Å². The lowest BCUT2D eigenvalue weighted by Crippen LogP contribution is -2.40. The van der Waals surface area contributed by atoms with E-state index in [2.05, 4.69) is 10.4 Å². The molecule has 0 aliphatic carbocycles. The molecule has 9 nitrogen and oxygen atoms in total. The van der Waals surface area contributed by atoms with Crippen LogP contribution in [0.1, 0.15) is 40.3 Å². The highest BCUT2D eigenvalue weighted by molar-refractivity contribution is 7.89. The average molecular weight is 437 g/mol. The number of nitrogens with one attached hydrogen (secondary N) is 1. The van der Waals surface area contributed by atoms with Crippen molar-refractivity contribution in [1.29, 1.82) is 0 Å². The first kappa shape index (κ1) is 22.3. The van der Waals surface area contributed by atoms with Gasteiger partial charge in [-0.1, -0.05) is 0 Å². The molecule has 1 atom stereocenters. The van der Waals surface area contributed by atoms with Gasteiger partial charge in [-0.15, -0.1) is 0 Å². The first-order chi connectivity index (χ1) is 14.2. The number of amides is 1. The number of benzene rings is 1. The molecule has 1 aromatic heterocycles. The molecule has 0 bridgehead atoms. The van der Waals surface area contributed by atoms with Gasteiger partial charge in [0.2, 0.25) is 10.0 Å². The van der Waals surface area contributed by atoms with Crippen molar-refractivity contribution in [2.45, 2.75) is 31.7 Å².